The summed E-state index contributed by atoms with van der Waals surface area (Å²) < 4.78 is 36.0. The number of nitrogens with two attached hydrogens (primary N) is 1. The Kier molecular flexibility index (Phi) is 2.65. The Morgan fingerprint density at radius 3 is 2.42 bits per heavy atom. The van der Waals surface area contributed by atoms with Gasteiger partial charge in [-0.2, -0.15) is 13.2 Å². The molecule has 0 bridgehead atoms. The molecule has 0 aromatic carbocycles. The zero-order valence-corrected chi connectivity index (χ0v) is 7.30. The third-order valence-electron chi connectivity index (χ3n) is 1.28. The van der Waals surface area contributed by atoms with Gasteiger partial charge in [0.2, 0.25) is 0 Å². The van der Waals surface area contributed by atoms with Gasteiger partial charge in [-0.15, -0.1) is 11.3 Å². The molecule has 1 heterocycles. The number of hydrogen-bond donors (Lipinski definition) is 1. The summed E-state index contributed by atoms with van der Waals surface area (Å²) in [6.07, 6.45) is -4.42. The van der Waals surface area contributed by atoms with Crippen LogP contribution < -0.4 is 5.73 Å². The van der Waals surface area contributed by atoms with Gasteiger partial charge in [-0.3, -0.25) is 0 Å². The molecule has 68 valence electrons. The van der Waals surface area contributed by atoms with Crippen LogP contribution in [-0.4, -0.2) is 6.18 Å². The topological polar surface area (TPSA) is 26.0 Å². The quantitative estimate of drug-likeness (QED) is 0.766. The van der Waals surface area contributed by atoms with Crippen LogP contribution >= 0.6 is 22.9 Å². The van der Waals surface area contributed by atoms with E-state index >= 15 is 0 Å². The second kappa shape index (κ2) is 3.24. The van der Waals surface area contributed by atoms with Gasteiger partial charge in [0.05, 0.1) is 5.02 Å². The Morgan fingerprint density at radius 2 is 2.08 bits per heavy atom. The third-order valence-corrected chi connectivity index (χ3v) is 2.72. The van der Waals surface area contributed by atoms with E-state index in [1.807, 2.05) is 0 Å². The molecule has 0 aliphatic rings. The highest BCUT2D eigenvalue weighted by atomic mass is 35.5. The second-order valence-electron chi connectivity index (χ2n) is 2.15. The standard InChI is InChI=1S/C6H5ClF3NS/c7-3-1-2-12-4(3)5(11)6(8,9)10/h1-2,5H,11H2. The van der Waals surface area contributed by atoms with Gasteiger partial charge < -0.3 is 5.73 Å². The molecule has 2 N–H and O–H groups in total. The minimum Gasteiger partial charge on any atom is -0.316 e. The van der Waals surface area contributed by atoms with Gasteiger partial charge in [-0.1, -0.05) is 11.6 Å². The summed E-state index contributed by atoms with van der Waals surface area (Å²) in [7, 11) is 0. The highest BCUT2D eigenvalue weighted by molar-refractivity contribution is 7.10. The van der Waals surface area contributed by atoms with Crippen molar-refractivity contribution in [2.75, 3.05) is 0 Å². The van der Waals surface area contributed by atoms with Gasteiger partial charge >= 0.3 is 6.18 Å². The molecule has 1 aromatic heterocycles. The van der Waals surface area contributed by atoms with E-state index in [0.29, 0.717) is 0 Å². The zero-order chi connectivity index (χ0) is 9.35. The van der Waals surface area contributed by atoms with Crippen molar-refractivity contribution in [3.63, 3.8) is 0 Å². The van der Waals surface area contributed by atoms with Crippen LogP contribution in [0.5, 0.6) is 0 Å². The van der Waals surface area contributed by atoms with Gasteiger partial charge in [-0.25, -0.2) is 0 Å². The van der Waals surface area contributed by atoms with E-state index in [1.54, 1.807) is 0 Å². The maximum absolute atomic E-state index is 12.0. The average Bonchev–Trinajstić information content (AvgIpc) is 2.31. The molecule has 0 amide bonds. The molecular weight excluding hydrogens is 211 g/mol. The molecule has 1 rings (SSSR count). The minimum absolute atomic E-state index is 0.0378. The average molecular weight is 216 g/mol. The van der Waals surface area contributed by atoms with Crippen LogP contribution in [0.1, 0.15) is 10.9 Å². The highest BCUT2D eigenvalue weighted by Gasteiger charge is 2.39. The third kappa shape index (κ3) is 1.91. The lowest BCUT2D eigenvalue weighted by atomic mass is 10.2. The van der Waals surface area contributed by atoms with Crippen molar-refractivity contribution in [1.82, 2.24) is 0 Å². The monoisotopic (exact) mass is 215 g/mol. The summed E-state index contributed by atoms with van der Waals surface area (Å²) in [5.41, 5.74) is 4.92. The zero-order valence-electron chi connectivity index (χ0n) is 5.73. The Bertz CT molecular complexity index is 270. The van der Waals surface area contributed by atoms with E-state index in [4.69, 9.17) is 17.3 Å². The second-order valence-corrected chi connectivity index (χ2v) is 3.51. The minimum atomic E-state index is -4.42. The van der Waals surface area contributed by atoms with Crippen molar-refractivity contribution in [2.45, 2.75) is 12.2 Å². The molecule has 1 unspecified atom stereocenters. The predicted octanol–water partition coefficient (Wildman–Crippen LogP) is 2.96. The maximum atomic E-state index is 12.0. The van der Waals surface area contributed by atoms with Crippen LogP contribution in [0, 0.1) is 0 Å². The molecule has 0 radical (unpaired) electrons. The molecule has 0 saturated carbocycles. The van der Waals surface area contributed by atoms with E-state index in [1.165, 1.54) is 11.4 Å². The summed E-state index contributed by atoms with van der Waals surface area (Å²) in [5.74, 6) is 0. The molecule has 0 fully saturated rings. The van der Waals surface area contributed by atoms with Gasteiger partial charge in [0, 0.05) is 4.88 Å². The molecule has 1 aromatic rings. The first-order chi connectivity index (χ1) is 5.43. The van der Waals surface area contributed by atoms with Crippen molar-refractivity contribution in [1.29, 1.82) is 0 Å². The molecule has 0 aliphatic carbocycles. The molecule has 6 heteroatoms. The van der Waals surface area contributed by atoms with Crippen molar-refractivity contribution in [3.8, 4) is 0 Å². The summed E-state index contributed by atoms with van der Waals surface area (Å²) in [5, 5.41) is 1.55. The molecule has 0 aliphatic heterocycles. The fourth-order valence-corrected chi connectivity index (χ4v) is 1.88. The fraction of sp³-hybridized carbons (Fsp3) is 0.333. The van der Waals surface area contributed by atoms with Crippen LogP contribution in [0.4, 0.5) is 13.2 Å². The lowest BCUT2D eigenvalue weighted by Crippen LogP contribution is -2.27. The number of halogens is 4. The van der Waals surface area contributed by atoms with Crippen LogP contribution in [-0.2, 0) is 0 Å². The van der Waals surface area contributed by atoms with Crippen LogP contribution in [0.3, 0.4) is 0 Å². The molecular formula is C6H5ClF3NS. The SMILES string of the molecule is NC(c1sccc1Cl)C(F)(F)F. The Balaban J connectivity index is 2.92. The number of thiophene rings is 1. The lowest BCUT2D eigenvalue weighted by molar-refractivity contribution is -0.148. The molecule has 12 heavy (non-hydrogen) atoms. The first-order valence-corrected chi connectivity index (χ1v) is 4.24. The lowest BCUT2D eigenvalue weighted by Gasteiger charge is -2.13. The highest BCUT2D eigenvalue weighted by Crippen LogP contribution is 2.36. The Hall–Kier alpha value is -0.260. The van der Waals surface area contributed by atoms with E-state index in [-0.39, 0.29) is 9.90 Å². The predicted molar refractivity (Wildman–Crippen MR) is 42.3 cm³/mol. The van der Waals surface area contributed by atoms with E-state index in [0.717, 1.165) is 11.3 Å². The Morgan fingerprint density at radius 1 is 1.50 bits per heavy atom. The van der Waals surface area contributed by atoms with Crippen molar-refractivity contribution in [2.24, 2.45) is 5.73 Å². The summed E-state index contributed by atoms with van der Waals surface area (Å²) >= 11 is 6.38. The van der Waals surface area contributed by atoms with E-state index < -0.39 is 12.2 Å². The van der Waals surface area contributed by atoms with Gasteiger partial charge in [0.15, 0.2) is 0 Å². The first kappa shape index (κ1) is 9.83. The van der Waals surface area contributed by atoms with Gasteiger partial charge in [0.1, 0.15) is 6.04 Å². The van der Waals surface area contributed by atoms with Crippen LogP contribution in [0.2, 0.25) is 5.02 Å². The molecule has 0 saturated heterocycles. The normalized spacial score (nSPS) is 14.8. The largest absolute Gasteiger partial charge is 0.408 e. The maximum Gasteiger partial charge on any atom is 0.408 e. The van der Waals surface area contributed by atoms with E-state index in [9.17, 15) is 13.2 Å². The van der Waals surface area contributed by atoms with Crippen molar-refractivity contribution < 1.29 is 13.2 Å². The fourth-order valence-electron chi connectivity index (χ4n) is 0.676. The molecule has 0 spiro atoms. The number of rotatable bonds is 1. The van der Waals surface area contributed by atoms with Crippen molar-refractivity contribution in [3.05, 3.63) is 21.3 Å². The molecule has 1 atom stereocenters. The van der Waals surface area contributed by atoms with Crippen LogP contribution in [0.15, 0.2) is 11.4 Å². The van der Waals surface area contributed by atoms with E-state index in [2.05, 4.69) is 0 Å². The summed E-state index contributed by atoms with van der Waals surface area (Å²) in [6.45, 7) is 0. The smallest absolute Gasteiger partial charge is 0.316 e. The molecule has 1 nitrogen and oxygen atoms in total. The van der Waals surface area contributed by atoms with Crippen LogP contribution in [0.25, 0.3) is 0 Å². The van der Waals surface area contributed by atoms with Gasteiger partial charge in [0.25, 0.3) is 0 Å². The summed E-state index contributed by atoms with van der Waals surface area (Å²) in [4.78, 5) is -0.0378. The number of hydrogen-bond acceptors (Lipinski definition) is 2. The van der Waals surface area contributed by atoms with Gasteiger partial charge in [-0.05, 0) is 11.4 Å². The van der Waals surface area contributed by atoms with Crippen molar-refractivity contribution >= 4 is 22.9 Å². The Labute approximate surface area is 75.9 Å². The summed E-state index contributed by atoms with van der Waals surface area (Å²) in [6, 6.07) is -0.572. The number of alkyl halides is 3. The first-order valence-electron chi connectivity index (χ1n) is 2.98.